The van der Waals surface area contributed by atoms with Crippen molar-refractivity contribution in [2.24, 2.45) is 0 Å². The summed E-state index contributed by atoms with van der Waals surface area (Å²) in [4.78, 5) is 37.8. The maximum atomic E-state index is 12.9. The number of alkyl carbamates (subject to hydrolysis) is 1. The summed E-state index contributed by atoms with van der Waals surface area (Å²) >= 11 is 0. The van der Waals surface area contributed by atoms with Crippen LogP contribution in [0.15, 0.2) is 48.5 Å². The fourth-order valence-electron chi connectivity index (χ4n) is 4.17. The number of nitrogens with one attached hydrogen (secondary N) is 1. The SMILES string of the molecule is CCCN(CCC(=O)O)C(=O)[C@H](CC)NC(=O)OCC1c2ccccc2-c2ccccc21. The monoisotopic (exact) mass is 438 g/mol. The number of amides is 2. The lowest BCUT2D eigenvalue weighted by Gasteiger charge is -2.26. The van der Waals surface area contributed by atoms with E-state index in [2.05, 4.69) is 17.4 Å². The maximum Gasteiger partial charge on any atom is 0.407 e. The van der Waals surface area contributed by atoms with Crippen LogP contribution in [0.4, 0.5) is 4.79 Å². The van der Waals surface area contributed by atoms with Gasteiger partial charge in [0.1, 0.15) is 12.6 Å². The molecule has 0 aliphatic heterocycles. The van der Waals surface area contributed by atoms with Crippen LogP contribution in [0.1, 0.15) is 50.2 Å². The summed E-state index contributed by atoms with van der Waals surface area (Å²) in [7, 11) is 0. The molecule has 0 aromatic heterocycles. The highest BCUT2D eigenvalue weighted by Crippen LogP contribution is 2.44. The van der Waals surface area contributed by atoms with E-state index < -0.39 is 18.1 Å². The Morgan fingerprint density at radius 2 is 1.59 bits per heavy atom. The van der Waals surface area contributed by atoms with Gasteiger partial charge < -0.3 is 20.1 Å². The van der Waals surface area contributed by atoms with E-state index in [4.69, 9.17) is 9.84 Å². The average Bonchev–Trinajstić information content (AvgIpc) is 3.12. The van der Waals surface area contributed by atoms with Gasteiger partial charge in [-0.1, -0.05) is 62.4 Å². The minimum atomic E-state index is -0.962. The number of nitrogens with zero attached hydrogens (tertiary/aromatic N) is 1. The normalized spacial score (nSPS) is 13.1. The van der Waals surface area contributed by atoms with Crippen LogP contribution in [0.3, 0.4) is 0 Å². The summed E-state index contributed by atoms with van der Waals surface area (Å²) in [5.41, 5.74) is 4.53. The number of benzene rings is 2. The molecule has 0 spiro atoms. The molecule has 1 aliphatic carbocycles. The molecule has 0 unspecified atom stereocenters. The minimum Gasteiger partial charge on any atom is -0.481 e. The van der Waals surface area contributed by atoms with Crippen LogP contribution in [0.2, 0.25) is 0 Å². The summed E-state index contributed by atoms with van der Waals surface area (Å²) < 4.78 is 5.55. The summed E-state index contributed by atoms with van der Waals surface area (Å²) in [6.07, 6.45) is 0.303. The fraction of sp³-hybridized carbons (Fsp3) is 0.400. The molecular weight excluding hydrogens is 408 g/mol. The van der Waals surface area contributed by atoms with Gasteiger partial charge in [-0.15, -0.1) is 0 Å². The van der Waals surface area contributed by atoms with Gasteiger partial charge in [0.25, 0.3) is 0 Å². The molecule has 2 N–H and O–H groups in total. The van der Waals surface area contributed by atoms with Crippen molar-refractivity contribution in [3.05, 3.63) is 59.7 Å². The zero-order valence-electron chi connectivity index (χ0n) is 18.5. The Bertz CT molecular complexity index is 929. The predicted octanol–water partition coefficient (Wildman–Crippen LogP) is 4.02. The van der Waals surface area contributed by atoms with Crippen LogP contribution in [-0.2, 0) is 14.3 Å². The minimum absolute atomic E-state index is 0.0592. The van der Waals surface area contributed by atoms with Crippen LogP contribution in [-0.4, -0.2) is 53.7 Å². The second kappa shape index (κ2) is 10.8. The summed E-state index contributed by atoms with van der Waals surface area (Å²) in [5, 5.41) is 11.6. The van der Waals surface area contributed by atoms with E-state index in [1.54, 1.807) is 6.92 Å². The number of rotatable bonds is 10. The third-order valence-electron chi connectivity index (χ3n) is 5.74. The van der Waals surface area contributed by atoms with Gasteiger partial charge in [-0.2, -0.15) is 0 Å². The first-order valence-corrected chi connectivity index (χ1v) is 11.1. The van der Waals surface area contributed by atoms with Crippen LogP contribution in [0, 0.1) is 0 Å². The van der Waals surface area contributed by atoms with Crippen LogP contribution in [0.25, 0.3) is 11.1 Å². The number of carboxylic acid groups (broad SMARTS) is 1. The highest BCUT2D eigenvalue weighted by Gasteiger charge is 2.30. The average molecular weight is 439 g/mol. The van der Waals surface area contributed by atoms with Crippen molar-refractivity contribution < 1.29 is 24.2 Å². The van der Waals surface area contributed by atoms with Crippen LogP contribution < -0.4 is 5.32 Å². The lowest BCUT2D eigenvalue weighted by Crippen LogP contribution is -2.49. The molecule has 32 heavy (non-hydrogen) atoms. The Hall–Kier alpha value is -3.35. The third kappa shape index (κ3) is 5.28. The molecular formula is C25H30N2O5. The van der Waals surface area contributed by atoms with Crippen molar-refractivity contribution in [2.45, 2.75) is 45.1 Å². The second-order valence-corrected chi connectivity index (χ2v) is 7.90. The van der Waals surface area contributed by atoms with Gasteiger partial charge in [0, 0.05) is 19.0 Å². The molecule has 0 saturated carbocycles. The van der Waals surface area contributed by atoms with Gasteiger partial charge >= 0.3 is 12.1 Å². The van der Waals surface area contributed by atoms with E-state index in [0.717, 1.165) is 22.3 Å². The molecule has 1 aliphatic rings. The smallest absolute Gasteiger partial charge is 0.407 e. The molecule has 0 heterocycles. The Balaban J connectivity index is 1.63. The van der Waals surface area contributed by atoms with Gasteiger partial charge in [-0.05, 0) is 35.1 Å². The number of ether oxygens (including phenoxy) is 1. The summed E-state index contributed by atoms with van der Waals surface area (Å²) in [6, 6.07) is 15.4. The molecule has 3 rings (SSSR count). The first-order valence-electron chi connectivity index (χ1n) is 11.1. The number of carboxylic acids is 1. The van der Waals surface area contributed by atoms with Gasteiger partial charge in [0.15, 0.2) is 0 Å². The number of carbonyl (C=O) groups is 3. The van der Waals surface area contributed by atoms with E-state index in [9.17, 15) is 14.4 Å². The highest BCUT2D eigenvalue weighted by atomic mass is 16.5. The first kappa shape index (κ1) is 23.3. The molecule has 7 heteroatoms. The molecule has 0 radical (unpaired) electrons. The molecule has 2 amide bonds. The zero-order valence-corrected chi connectivity index (χ0v) is 18.5. The van der Waals surface area contributed by atoms with Crippen LogP contribution >= 0.6 is 0 Å². The van der Waals surface area contributed by atoms with Gasteiger partial charge in [0.2, 0.25) is 5.91 Å². The van der Waals surface area contributed by atoms with Crippen molar-refractivity contribution in [2.75, 3.05) is 19.7 Å². The summed E-state index contributed by atoms with van der Waals surface area (Å²) in [5.74, 6) is -1.31. The molecule has 2 aromatic rings. The largest absolute Gasteiger partial charge is 0.481 e. The van der Waals surface area contributed by atoms with E-state index >= 15 is 0 Å². The lowest BCUT2D eigenvalue weighted by molar-refractivity contribution is -0.139. The molecule has 7 nitrogen and oxygen atoms in total. The summed E-state index contributed by atoms with van der Waals surface area (Å²) in [6.45, 7) is 4.44. The van der Waals surface area contributed by atoms with Crippen molar-refractivity contribution in [3.8, 4) is 11.1 Å². The number of hydrogen-bond acceptors (Lipinski definition) is 4. The molecule has 1 atom stereocenters. The Labute approximate surface area is 188 Å². The predicted molar refractivity (Wildman–Crippen MR) is 121 cm³/mol. The van der Waals surface area contributed by atoms with E-state index in [-0.39, 0.29) is 31.4 Å². The number of hydrogen-bond donors (Lipinski definition) is 2. The fourth-order valence-corrected chi connectivity index (χ4v) is 4.17. The van der Waals surface area contributed by atoms with Crippen molar-refractivity contribution in [3.63, 3.8) is 0 Å². The van der Waals surface area contributed by atoms with Crippen molar-refractivity contribution >= 4 is 18.0 Å². The van der Waals surface area contributed by atoms with E-state index in [0.29, 0.717) is 19.4 Å². The zero-order chi connectivity index (χ0) is 23.1. The number of aliphatic carboxylic acids is 1. The molecule has 2 aromatic carbocycles. The van der Waals surface area contributed by atoms with Crippen molar-refractivity contribution in [1.82, 2.24) is 10.2 Å². The third-order valence-corrected chi connectivity index (χ3v) is 5.74. The second-order valence-electron chi connectivity index (χ2n) is 7.90. The maximum absolute atomic E-state index is 12.9. The Morgan fingerprint density at radius 3 is 2.12 bits per heavy atom. The van der Waals surface area contributed by atoms with E-state index in [1.165, 1.54) is 4.90 Å². The molecule has 0 saturated heterocycles. The first-order chi connectivity index (χ1) is 15.5. The quantitative estimate of drug-likeness (QED) is 0.584. The Kier molecular flexibility index (Phi) is 7.87. The van der Waals surface area contributed by atoms with Gasteiger partial charge in [0.05, 0.1) is 6.42 Å². The van der Waals surface area contributed by atoms with Gasteiger partial charge in [-0.3, -0.25) is 9.59 Å². The highest BCUT2D eigenvalue weighted by molar-refractivity contribution is 5.86. The molecule has 0 fully saturated rings. The Morgan fingerprint density at radius 1 is 1.00 bits per heavy atom. The van der Waals surface area contributed by atoms with Crippen molar-refractivity contribution in [1.29, 1.82) is 0 Å². The van der Waals surface area contributed by atoms with Gasteiger partial charge in [-0.25, -0.2) is 4.79 Å². The standard InChI is InChI=1S/C25H30N2O5/c1-3-14-27(15-13-23(28)29)24(30)22(4-2)26-25(31)32-16-21-19-11-7-5-9-17(19)18-10-6-8-12-20(18)21/h5-12,21-22H,3-4,13-16H2,1-2H3,(H,26,31)(H,28,29)/t22-/m0/s1. The molecule has 170 valence electrons. The molecule has 0 bridgehead atoms. The lowest BCUT2D eigenvalue weighted by atomic mass is 9.98. The number of fused-ring (bicyclic) bond motifs is 3. The topological polar surface area (TPSA) is 95.9 Å². The number of carbonyl (C=O) groups excluding carboxylic acids is 2. The van der Waals surface area contributed by atoms with E-state index in [1.807, 2.05) is 43.3 Å². The van der Waals surface area contributed by atoms with Crippen LogP contribution in [0.5, 0.6) is 0 Å².